The molecule has 90 valence electrons. The van der Waals surface area contributed by atoms with Crippen LogP contribution in [-0.2, 0) is 13.2 Å². The number of hydrogen-bond donors (Lipinski definition) is 0. The highest BCUT2D eigenvalue weighted by molar-refractivity contribution is 9.10. The fraction of sp³-hybridized carbons (Fsp3) is 0.200. The van der Waals surface area contributed by atoms with Gasteiger partial charge in [-0.15, -0.1) is 0 Å². The molecule has 17 heavy (non-hydrogen) atoms. The lowest BCUT2D eigenvalue weighted by Crippen LogP contribution is -2.19. The average Bonchev–Trinajstić information content (AvgIpc) is 2.22. The summed E-state index contributed by atoms with van der Waals surface area (Å²) < 4.78 is 39.6. The van der Waals surface area contributed by atoms with Gasteiger partial charge in [-0.1, -0.05) is 15.9 Å². The van der Waals surface area contributed by atoms with Gasteiger partial charge in [0.05, 0.1) is 22.8 Å². The van der Waals surface area contributed by atoms with Gasteiger partial charge in [-0.3, -0.25) is 4.79 Å². The predicted molar refractivity (Wildman–Crippen MR) is 59.7 cm³/mol. The molecule has 0 radical (unpaired) electrons. The minimum atomic E-state index is -4.54. The van der Waals surface area contributed by atoms with Gasteiger partial charge in [0.25, 0.3) is 5.56 Å². The molecule has 0 unspecified atom stereocenters. The average molecular weight is 307 g/mol. The molecule has 1 aromatic heterocycles. The fourth-order valence-corrected chi connectivity index (χ4v) is 1.96. The second-order valence-corrected chi connectivity index (χ2v) is 4.42. The first kappa shape index (κ1) is 12.1. The normalized spacial score (nSPS) is 12.1. The summed E-state index contributed by atoms with van der Waals surface area (Å²) in [5.41, 5.74) is -1.76. The van der Waals surface area contributed by atoms with E-state index in [-0.39, 0.29) is 15.4 Å². The number of nitrogens with zero attached hydrogens (tertiary/aromatic N) is 2. The third-order valence-corrected chi connectivity index (χ3v) is 2.75. The first-order valence-electron chi connectivity index (χ1n) is 4.53. The highest BCUT2D eigenvalue weighted by Gasteiger charge is 2.34. The molecule has 0 N–H and O–H groups in total. The molecule has 3 nitrogen and oxygen atoms in total. The predicted octanol–water partition coefficient (Wildman–Crippen LogP) is 2.71. The monoisotopic (exact) mass is 306 g/mol. The molecule has 0 aliphatic rings. The molecule has 0 spiro atoms. The van der Waals surface area contributed by atoms with Crippen molar-refractivity contribution in [2.45, 2.75) is 6.18 Å². The van der Waals surface area contributed by atoms with Crippen molar-refractivity contribution in [3.8, 4) is 0 Å². The first-order chi connectivity index (χ1) is 7.80. The van der Waals surface area contributed by atoms with E-state index in [0.717, 1.165) is 17.0 Å². The molecule has 0 aliphatic heterocycles. The molecule has 0 fully saturated rings. The molecule has 0 saturated heterocycles. The summed E-state index contributed by atoms with van der Waals surface area (Å²) in [6.45, 7) is 0. The van der Waals surface area contributed by atoms with E-state index in [1.54, 1.807) is 0 Å². The van der Waals surface area contributed by atoms with E-state index < -0.39 is 17.3 Å². The minimum Gasteiger partial charge on any atom is -0.302 e. The van der Waals surface area contributed by atoms with Crippen LogP contribution in [0.4, 0.5) is 13.2 Å². The van der Waals surface area contributed by atoms with Crippen LogP contribution in [0.1, 0.15) is 5.56 Å². The van der Waals surface area contributed by atoms with Crippen molar-refractivity contribution in [2.75, 3.05) is 0 Å². The number of fused-ring (bicyclic) bond motifs is 1. The molecule has 0 bridgehead atoms. The third-order valence-electron chi connectivity index (χ3n) is 2.29. The van der Waals surface area contributed by atoms with Crippen molar-refractivity contribution in [1.82, 2.24) is 9.55 Å². The minimum absolute atomic E-state index is 0.0586. The van der Waals surface area contributed by atoms with Crippen LogP contribution in [0, 0.1) is 0 Å². The number of alkyl halides is 3. The Morgan fingerprint density at radius 2 is 2.00 bits per heavy atom. The zero-order chi connectivity index (χ0) is 12.8. The lowest BCUT2D eigenvalue weighted by atomic mass is 10.1. The standard InChI is InChI=1S/C10H6BrF3N2O/c1-16-4-15-8-6(9(16)17)2-5(11)3-7(8)10(12,13)14/h2-4H,1H3. The first-order valence-corrected chi connectivity index (χ1v) is 5.32. The van der Waals surface area contributed by atoms with Gasteiger partial charge in [0.15, 0.2) is 0 Å². The Balaban J connectivity index is 2.97. The summed E-state index contributed by atoms with van der Waals surface area (Å²) in [5, 5.41) is -0.0586. The quantitative estimate of drug-likeness (QED) is 0.750. The Morgan fingerprint density at radius 3 is 2.59 bits per heavy atom. The van der Waals surface area contributed by atoms with E-state index in [4.69, 9.17) is 0 Å². The maximum Gasteiger partial charge on any atom is 0.418 e. The van der Waals surface area contributed by atoms with Crippen molar-refractivity contribution in [3.63, 3.8) is 0 Å². The van der Waals surface area contributed by atoms with Gasteiger partial charge in [-0.2, -0.15) is 13.2 Å². The number of halogens is 4. The van der Waals surface area contributed by atoms with E-state index in [1.807, 2.05) is 0 Å². The Morgan fingerprint density at radius 1 is 1.35 bits per heavy atom. The van der Waals surface area contributed by atoms with Crippen LogP contribution >= 0.6 is 15.9 Å². The maximum absolute atomic E-state index is 12.8. The van der Waals surface area contributed by atoms with E-state index >= 15 is 0 Å². The zero-order valence-corrected chi connectivity index (χ0v) is 10.1. The smallest absolute Gasteiger partial charge is 0.302 e. The van der Waals surface area contributed by atoms with Crippen molar-refractivity contribution in [2.24, 2.45) is 7.05 Å². The van der Waals surface area contributed by atoms with E-state index in [9.17, 15) is 18.0 Å². The Bertz CT molecular complexity index is 648. The zero-order valence-electron chi connectivity index (χ0n) is 8.55. The van der Waals surface area contributed by atoms with Crippen LogP contribution in [0.2, 0.25) is 0 Å². The van der Waals surface area contributed by atoms with Gasteiger partial charge in [-0.25, -0.2) is 4.98 Å². The van der Waals surface area contributed by atoms with Gasteiger partial charge < -0.3 is 4.57 Å². The SMILES string of the molecule is Cn1cnc2c(C(F)(F)F)cc(Br)cc2c1=O. The fourth-order valence-electron chi connectivity index (χ4n) is 1.50. The molecule has 7 heteroatoms. The summed E-state index contributed by atoms with van der Waals surface area (Å²) in [5.74, 6) is 0. The van der Waals surface area contributed by atoms with Gasteiger partial charge >= 0.3 is 6.18 Å². The van der Waals surface area contributed by atoms with Crippen molar-refractivity contribution in [1.29, 1.82) is 0 Å². The van der Waals surface area contributed by atoms with E-state index in [2.05, 4.69) is 20.9 Å². The molecular weight excluding hydrogens is 301 g/mol. The van der Waals surface area contributed by atoms with Gasteiger partial charge in [0.1, 0.15) is 0 Å². The third kappa shape index (κ3) is 2.06. The van der Waals surface area contributed by atoms with Crippen LogP contribution in [0.5, 0.6) is 0 Å². The second kappa shape index (κ2) is 3.83. The second-order valence-electron chi connectivity index (χ2n) is 3.51. The summed E-state index contributed by atoms with van der Waals surface area (Å²) in [4.78, 5) is 15.4. The summed E-state index contributed by atoms with van der Waals surface area (Å²) in [6, 6.07) is 2.24. The summed E-state index contributed by atoms with van der Waals surface area (Å²) >= 11 is 2.96. The highest BCUT2D eigenvalue weighted by atomic mass is 79.9. The van der Waals surface area contributed by atoms with Crippen molar-refractivity contribution in [3.05, 3.63) is 38.9 Å². The van der Waals surface area contributed by atoms with Crippen molar-refractivity contribution >= 4 is 26.8 Å². The molecule has 1 heterocycles. The number of benzene rings is 1. The molecule has 0 amide bonds. The molecule has 2 aromatic rings. The van der Waals surface area contributed by atoms with Crippen LogP contribution in [0.25, 0.3) is 10.9 Å². The number of aromatic nitrogens is 2. The Hall–Kier alpha value is -1.37. The summed E-state index contributed by atoms with van der Waals surface area (Å²) in [7, 11) is 1.43. The highest BCUT2D eigenvalue weighted by Crippen LogP contribution is 2.35. The molecule has 2 rings (SSSR count). The van der Waals surface area contributed by atoms with Gasteiger partial charge in [0.2, 0.25) is 0 Å². The van der Waals surface area contributed by atoms with Crippen LogP contribution in [-0.4, -0.2) is 9.55 Å². The van der Waals surface area contributed by atoms with E-state index in [0.29, 0.717) is 0 Å². The molecule has 1 aromatic carbocycles. The molecular formula is C10H6BrF3N2O. The molecule has 0 atom stereocenters. The Kier molecular flexibility index (Phi) is 2.73. The van der Waals surface area contributed by atoms with Crippen LogP contribution in [0.15, 0.2) is 27.7 Å². The van der Waals surface area contributed by atoms with Crippen LogP contribution < -0.4 is 5.56 Å². The lowest BCUT2D eigenvalue weighted by Gasteiger charge is -2.10. The van der Waals surface area contributed by atoms with Gasteiger partial charge in [0, 0.05) is 11.5 Å². The topological polar surface area (TPSA) is 34.9 Å². The van der Waals surface area contributed by atoms with E-state index in [1.165, 1.54) is 13.1 Å². The number of aryl methyl sites for hydroxylation is 1. The van der Waals surface area contributed by atoms with Crippen LogP contribution in [0.3, 0.4) is 0 Å². The molecule has 0 aliphatic carbocycles. The number of hydrogen-bond acceptors (Lipinski definition) is 2. The lowest BCUT2D eigenvalue weighted by molar-refractivity contribution is -0.136. The largest absolute Gasteiger partial charge is 0.418 e. The van der Waals surface area contributed by atoms with Gasteiger partial charge in [-0.05, 0) is 12.1 Å². The molecule has 0 saturated carbocycles. The number of rotatable bonds is 0. The van der Waals surface area contributed by atoms with Crippen molar-refractivity contribution < 1.29 is 13.2 Å². The maximum atomic E-state index is 12.8. The summed E-state index contributed by atoms with van der Waals surface area (Å²) in [6.07, 6.45) is -3.46. The Labute approximate surface area is 102 Å².